The van der Waals surface area contributed by atoms with Gasteiger partial charge in [0.2, 0.25) is 0 Å². The highest BCUT2D eigenvalue weighted by molar-refractivity contribution is 5.83. The van der Waals surface area contributed by atoms with Gasteiger partial charge in [0.05, 0.1) is 5.92 Å². The van der Waals surface area contributed by atoms with E-state index in [9.17, 15) is 14.7 Å². The van der Waals surface area contributed by atoms with E-state index in [1.54, 1.807) is 42.0 Å². The molecule has 8 heteroatoms. The first-order chi connectivity index (χ1) is 20.0. The van der Waals surface area contributed by atoms with Gasteiger partial charge in [-0.2, -0.15) is 9.82 Å². The lowest BCUT2D eigenvalue weighted by molar-refractivity contribution is -0.552. The highest BCUT2D eigenvalue weighted by Gasteiger charge is 2.41. The van der Waals surface area contributed by atoms with E-state index in [0.29, 0.717) is 30.8 Å². The van der Waals surface area contributed by atoms with Gasteiger partial charge in [-0.05, 0) is 58.4 Å². The van der Waals surface area contributed by atoms with Gasteiger partial charge in [-0.3, -0.25) is 5.32 Å². The largest absolute Gasteiger partial charge is 0.508 e. The van der Waals surface area contributed by atoms with E-state index in [4.69, 9.17) is 10.2 Å². The van der Waals surface area contributed by atoms with Crippen molar-refractivity contribution in [3.63, 3.8) is 0 Å². The lowest BCUT2D eigenvalue weighted by atomic mass is 9.86. The molecule has 0 aliphatic carbocycles. The topological polar surface area (TPSA) is 113 Å². The van der Waals surface area contributed by atoms with Crippen LogP contribution in [-0.2, 0) is 34.4 Å². The molecule has 3 aromatic carbocycles. The molecule has 8 nitrogen and oxygen atoms in total. The van der Waals surface area contributed by atoms with Gasteiger partial charge in [-0.25, -0.2) is 14.6 Å². The summed E-state index contributed by atoms with van der Waals surface area (Å²) >= 11 is 0. The van der Waals surface area contributed by atoms with Crippen LogP contribution >= 0.6 is 0 Å². The summed E-state index contributed by atoms with van der Waals surface area (Å²) in [5.74, 6) is -0.363. The number of aromatic hydroxyl groups is 1. The van der Waals surface area contributed by atoms with Crippen molar-refractivity contribution in [2.45, 2.75) is 58.4 Å². The summed E-state index contributed by atoms with van der Waals surface area (Å²) in [6.07, 6.45) is 3.21. The van der Waals surface area contributed by atoms with Crippen LogP contribution in [0, 0.1) is 5.92 Å². The monoisotopic (exact) mass is 566 g/mol. The molecule has 5 rings (SSSR count). The van der Waals surface area contributed by atoms with Crippen LogP contribution in [0.3, 0.4) is 0 Å². The van der Waals surface area contributed by atoms with Crippen LogP contribution in [0.2, 0.25) is 0 Å². The number of carbonyl (C=O) groups is 2. The third-order valence-corrected chi connectivity index (χ3v) is 7.72. The van der Waals surface area contributed by atoms with E-state index in [-0.39, 0.29) is 17.1 Å². The quantitative estimate of drug-likeness (QED) is 0.147. The number of rotatable bonds is 8. The molecule has 0 saturated carbocycles. The number of phenolic OH excluding ortho intramolecular Hbond substituents is 1. The predicted octanol–water partition coefficient (Wildman–Crippen LogP) is 5.50. The second kappa shape index (κ2) is 11.7. The molecule has 1 aliphatic heterocycles. The first-order valence-corrected chi connectivity index (χ1v) is 14.1. The van der Waals surface area contributed by atoms with Crippen molar-refractivity contribution in [2.75, 3.05) is 5.32 Å². The van der Waals surface area contributed by atoms with Gasteiger partial charge in [0, 0.05) is 18.4 Å². The molecule has 1 aliphatic rings. The van der Waals surface area contributed by atoms with Gasteiger partial charge in [-0.15, -0.1) is 0 Å². The first kappa shape index (κ1) is 29.0. The van der Waals surface area contributed by atoms with Gasteiger partial charge < -0.3 is 9.99 Å². The van der Waals surface area contributed by atoms with Crippen molar-refractivity contribution in [3.05, 3.63) is 107 Å². The Labute approximate surface area is 245 Å². The Hall–Kier alpha value is -4.56. The standard InChI is InChI=1S/C34H35N3O5/c1-21(33(40)42-41)17-22-5-7-23(8-6-22)19-29-32(39)37-20-30(25-11-15-27(38)16-12-25)35-28(31(37)36-29)18-24-9-13-26(14-10-24)34(2,3)4/h5-16,20-21,29,38,41H,17-19H2,1-4H3/p+1. The molecule has 42 heavy (non-hydrogen) atoms. The van der Waals surface area contributed by atoms with Crippen LogP contribution in [0.1, 0.15) is 60.4 Å². The molecule has 0 spiro atoms. The first-order valence-electron chi connectivity index (χ1n) is 14.1. The molecule has 0 fully saturated rings. The maximum atomic E-state index is 13.7. The van der Waals surface area contributed by atoms with Crippen LogP contribution < -0.4 is 9.88 Å². The number of nitrogens with zero attached hydrogens (tertiary/aromatic N) is 2. The number of aromatic nitrogens is 2. The Morgan fingerprint density at radius 2 is 1.60 bits per heavy atom. The highest BCUT2D eigenvalue weighted by atomic mass is 17.1. The van der Waals surface area contributed by atoms with E-state index in [1.165, 1.54) is 5.56 Å². The van der Waals surface area contributed by atoms with Crippen molar-refractivity contribution in [3.8, 4) is 17.0 Å². The fraction of sp³-hybridized carbons (Fsp3) is 0.294. The lowest BCUT2D eigenvalue weighted by Crippen LogP contribution is -2.44. The summed E-state index contributed by atoms with van der Waals surface area (Å²) in [6.45, 7) is 8.25. The number of benzene rings is 3. The molecule has 0 saturated heterocycles. The van der Waals surface area contributed by atoms with Gasteiger partial charge in [0.15, 0.2) is 6.04 Å². The lowest BCUT2D eigenvalue weighted by Gasteiger charge is -2.19. The summed E-state index contributed by atoms with van der Waals surface area (Å²) < 4.78 is 1.66. The molecule has 4 aromatic rings. The average molecular weight is 567 g/mol. The summed E-state index contributed by atoms with van der Waals surface area (Å²) in [5, 5.41) is 21.8. The maximum absolute atomic E-state index is 13.7. The number of hydrogen-bond acceptors (Lipinski definition) is 7. The zero-order valence-corrected chi connectivity index (χ0v) is 24.3. The molecule has 2 unspecified atom stereocenters. The average Bonchev–Trinajstić information content (AvgIpc) is 3.28. The molecular weight excluding hydrogens is 530 g/mol. The molecule has 0 radical (unpaired) electrons. The number of carbonyl (C=O) groups excluding carboxylic acids is 2. The van der Waals surface area contributed by atoms with Crippen molar-refractivity contribution in [1.29, 1.82) is 0 Å². The third kappa shape index (κ3) is 6.34. The van der Waals surface area contributed by atoms with Gasteiger partial charge >= 0.3 is 17.7 Å². The van der Waals surface area contributed by atoms with Crippen molar-refractivity contribution >= 4 is 17.7 Å². The van der Waals surface area contributed by atoms with Crippen LogP contribution in [0.5, 0.6) is 5.75 Å². The second-order valence-corrected chi connectivity index (χ2v) is 12.0. The fourth-order valence-corrected chi connectivity index (χ4v) is 5.20. The summed E-state index contributed by atoms with van der Waals surface area (Å²) in [6, 6.07) is 22.6. The minimum absolute atomic E-state index is 0.0512. The molecule has 3 N–H and O–H groups in total. The molecule has 216 valence electrons. The van der Waals surface area contributed by atoms with E-state index < -0.39 is 17.9 Å². The van der Waals surface area contributed by atoms with E-state index in [0.717, 1.165) is 27.9 Å². The Morgan fingerprint density at radius 3 is 2.21 bits per heavy atom. The minimum Gasteiger partial charge on any atom is -0.508 e. The number of fused-ring (bicyclic) bond motifs is 1. The second-order valence-electron chi connectivity index (χ2n) is 12.0. The van der Waals surface area contributed by atoms with Crippen molar-refractivity contribution < 1.29 is 29.4 Å². The Kier molecular flexibility index (Phi) is 8.09. The van der Waals surface area contributed by atoms with Crippen molar-refractivity contribution in [2.24, 2.45) is 5.92 Å². The summed E-state index contributed by atoms with van der Waals surface area (Å²) in [7, 11) is 0. The molecule has 1 aromatic heterocycles. The van der Waals surface area contributed by atoms with E-state index in [2.05, 4.69) is 55.2 Å². The SMILES string of the molecule is CC(Cc1ccc(CC2Nc3c(Cc4ccc(C(C)(C)C)cc4)nc(-c4ccc(O)cc4)c[n+]3C2=O)cc1)C(=O)OO. The predicted molar refractivity (Wildman–Crippen MR) is 159 cm³/mol. The zero-order valence-electron chi connectivity index (χ0n) is 24.3. The third-order valence-electron chi connectivity index (χ3n) is 7.72. The summed E-state index contributed by atoms with van der Waals surface area (Å²) in [4.78, 5) is 34.0. The number of anilines is 1. The normalized spacial score (nSPS) is 15.2. The smallest absolute Gasteiger partial charge is 0.359 e. The number of phenols is 1. The molecule has 0 bridgehead atoms. The van der Waals surface area contributed by atoms with E-state index >= 15 is 0 Å². The minimum atomic E-state index is -0.671. The number of nitrogens with one attached hydrogen (secondary N) is 1. The Bertz CT molecular complexity index is 1590. The highest BCUT2D eigenvalue weighted by Crippen LogP contribution is 2.27. The van der Waals surface area contributed by atoms with Gasteiger partial charge in [0.25, 0.3) is 0 Å². The maximum Gasteiger partial charge on any atom is 0.359 e. The molecule has 2 atom stereocenters. The number of hydrogen-bond donors (Lipinski definition) is 3. The summed E-state index contributed by atoms with van der Waals surface area (Å²) in [5.41, 5.74) is 6.51. The molecule has 0 amide bonds. The van der Waals surface area contributed by atoms with Crippen LogP contribution in [-0.4, -0.2) is 33.3 Å². The van der Waals surface area contributed by atoms with Gasteiger partial charge in [-0.1, -0.05) is 76.2 Å². The van der Waals surface area contributed by atoms with Crippen LogP contribution in [0.15, 0.2) is 79.0 Å². The fourth-order valence-electron chi connectivity index (χ4n) is 5.20. The Balaban J connectivity index is 1.41. The zero-order chi connectivity index (χ0) is 30.0. The molecular formula is C34H36N3O5+. The Morgan fingerprint density at radius 1 is 0.976 bits per heavy atom. The molecule has 2 heterocycles. The van der Waals surface area contributed by atoms with Crippen LogP contribution in [0.4, 0.5) is 5.82 Å². The van der Waals surface area contributed by atoms with Crippen molar-refractivity contribution in [1.82, 2.24) is 4.98 Å². The van der Waals surface area contributed by atoms with Gasteiger partial charge in [0.1, 0.15) is 23.3 Å². The van der Waals surface area contributed by atoms with E-state index in [1.807, 2.05) is 24.3 Å². The van der Waals surface area contributed by atoms with Crippen LogP contribution in [0.25, 0.3) is 11.3 Å².